The molecule has 0 saturated carbocycles. The van der Waals surface area contributed by atoms with Crippen molar-refractivity contribution in [3.05, 3.63) is 75.2 Å². The Morgan fingerprint density at radius 2 is 2.00 bits per heavy atom. The largest absolute Gasteiger partial charge is 0.494 e. The van der Waals surface area contributed by atoms with Crippen LogP contribution in [0.25, 0.3) is 16.8 Å². The number of thiazole rings is 1. The van der Waals surface area contributed by atoms with Gasteiger partial charge in [0.25, 0.3) is 5.69 Å². The fraction of sp³-hybridized carbons (Fsp3) is 0.100. The molecule has 0 fully saturated rings. The molecule has 0 atom stereocenters. The monoisotopic (exact) mass is 392 g/mol. The van der Waals surface area contributed by atoms with Gasteiger partial charge in [0.1, 0.15) is 22.4 Å². The smallest absolute Gasteiger partial charge is 0.269 e. The van der Waals surface area contributed by atoms with Crippen LogP contribution in [0, 0.1) is 21.4 Å². The molecule has 8 heteroatoms. The van der Waals surface area contributed by atoms with Crippen molar-refractivity contribution in [3.63, 3.8) is 0 Å². The van der Waals surface area contributed by atoms with E-state index < -0.39 is 4.92 Å². The van der Waals surface area contributed by atoms with E-state index in [1.165, 1.54) is 23.5 Å². The van der Waals surface area contributed by atoms with Gasteiger partial charge in [0, 0.05) is 35.0 Å². The maximum absolute atomic E-state index is 10.8. The fourth-order valence-electron chi connectivity index (χ4n) is 2.40. The number of nitrogens with zero attached hydrogens (tertiary/aromatic N) is 3. The summed E-state index contributed by atoms with van der Waals surface area (Å²) in [5.41, 5.74) is 2.66. The standard InChI is InChI=1S/C20H16N4O3S/c1-2-27-18-9-5-16(6-10-18)22-12-15(11-21)20-23-19(13-28-20)14-3-7-17(8-4-14)24(25)26/h3-10,12-13,22H,2H2,1H3/b15-12+. The number of nitrogens with one attached hydrogen (secondary N) is 1. The molecule has 0 aliphatic carbocycles. The maximum atomic E-state index is 10.8. The van der Waals surface area contributed by atoms with Gasteiger partial charge in [-0.3, -0.25) is 10.1 Å². The lowest BCUT2D eigenvalue weighted by atomic mass is 10.1. The van der Waals surface area contributed by atoms with Crippen molar-refractivity contribution in [2.75, 3.05) is 11.9 Å². The molecule has 140 valence electrons. The molecule has 0 unspecified atom stereocenters. The highest BCUT2D eigenvalue weighted by Crippen LogP contribution is 2.27. The first-order valence-electron chi connectivity index (χ1n) is 8.41. The van der Waals surface area contributed by atoms with Crippen LogP contribution in [0.5, 0.6) is 5.75 Å². The number of hydrogen-bond acceptors (Lipinski definition) is 7. The van der Waals surface area contributed by atoms with Crippen molar-refractivity contribution in [1.29, 1.82) is 5.26 Å². The van der Waals surface area contributed by atoms with Gasteiger partial charge in [-0.15, -0.1) is 11.3 Å². The van der Waals surface area contributed by atoms with Crippen LogP contribution in [0.4, 0.5) is 11.4 Å². The molecule has 0 aliphatic rings. The van der Waals surface area contributed by atoms with Gasteiger partial charge in [0.15, 0.2) is 0 Å². The summed E-state index contributed by atoms with van der Waals surface area (Å²) < 4.78 is 5.40. The number of rotatable bonds is 7. The highest BCUT2D eigenvalue weighted by molar-refractivity contribution is 7.11. The van der Waals surface area contributed by atoms with Crippen LogP contribution in [0.15, 0.2) is 60.1 Å². The molecule has 1 aromatic heterocycles. The molecule has 0 amide bonds. The minimum absolute atomic E-state index is 0.0244. The van der Waals surface area contributed by atoms with Gasteiger partial charge in [-0.25, -0.2) is 4.98 Å². The highest BCUT2D eigenvalue weighted by atomic mass is 32.1. The van der Waals surface area contributed by atoms with Crippen LogP contribution in [0.3, 0.4) is 0 Å². The van der Waals surface area contributed by atoms with Crippen LogP contribution < -0.4 is 10.1 Å². The zero-order valence-corrected chi connectivity index (χ0v) is 15.8. The van der Waals surface area contributed by atoms with E-state index in [1.807, 2.05) is 36.6 Å². The molecular formula is C20H16N4O3S. The van der Waals surface area contributed by atoms with E-state index >= 15 is 0 Å². The SMILES string of the molecule is CCOc1ccc(N/C=C(\C#N)c2nc(-c3ccc([N+](=O)[O-])cc3)cs2)cc1. The molecule has 1 N–H and O–H groups in total. The number of nitro groups is 1. The van der Waals surface area contributed by atoms with Crippen molar-refractivity contribution in [2.24, 2.45) is 0 Å². The number of non-ortho nitro benzene ring substituents is 1. The Labute approximate surface area is 165 Å². The minimum atomic E-state index is -0.445. The number of ether oxygens (including phenoxy) is 1. The van der Waals surface area contributed by atoms with Crippen LogP contribution in [-0.2, 0) is 0 Å². The lowest BCUT2D eigenvalue weighted by Gasteiger charge is -2.05. The topological polar surface area (TPSA) is 101 Å². The Kier molecular flexibility index (Phi) is 5.99. The number of allylic oxidation sites excluding steroid dienone is 1. The Morgan fingerprint density at radius 1 is 1.29 bits per heavy atom. The predicted molar refractivity (Wildman–Crippen MR) is 109 cm³/mol. The van der Waals surface area contributed by atoms with Gasteiger partial charge in [0.05, 0.1) is 17.2 Å². The van der Waals surface area contributed by atoms with Crippen molar-refractivity contribution < 1.29 is 9.66 Å². The first kappa shape index (κ1) is 19.1. The van der Waals surface area contributed by atoms with Crippen LogP contribution in [0.1, 0.15) is 11.9 Å². The zero-order chi connectivity index (χ0) is 19.9. The van der Waals surface area contributed by atoms with E-state index in [9.17, 15) is 15.4 Å². The average Bonchev–Trinajstić information content (AvgIpc) is 3.20. The first-order chi connectivity index (χ1) is 13.6. The number of benzene rings is 2. The molecule has 0 aliphatic heterocycles. The minimum Gasteiger partial charge on any atom is -0.494 e. The summed E-state index contributed by atoms with van der Waals surface area (Å²) in [5, 5.41) is 25.7. The lowest BCUT2D eigenvalue weighted by molar-refractivity contribution is -0.384. The second kappa shape index (κ2) is 8.79. The van der Waals surface area contributed by atoms with Gasteiger partial charge < -0.3 is 10.1 Å². The Balaban J connectivity index is 1.75. The molecular weight excluding hydrogens is 376 g/mol. The maximum Gasteiger partial charge on any atom is 0.269 e. The number of hydrogen-bond donors (Lipinski definition) is 1. The van der Waals surface area contributed by atoms with E-state index in [2.05, 4.69) is 16.4 Å². The molecule has 1 heterocycles. The molecule has 28 heavy (non-hydrogen) atoms. The van der Waals surface area contributed by atoms with Crippen molar-refractivity contribution in [3.8, 4) is 23.1 Å². The first-order valence-corrected chi connectivity index (χ1v) is 9.29. The van der Waals surface area contributed by atoms with E-state index in [-0.39, 0.29) is 5.69 Å². The number of nitro benzene ring substituents is 1. The van der Waals surface area contributed by atoms with Gasteiger partial charge in [-0.1, -0.05) is 0 Å². The zero-order valence-electron chi connectivity index (χ0n) is 15.0. The lowest BCUT2D eigenvalue weighted by Crippen LogP contribution is -1.93. The van der Waals surface area contributed by atoms with E-state index in [4.69, 9.17) is 4.74 Å². The molecule has 0 bridgehead atoms. The molecule has 3 aromatic rings. The summed E-state index contributed by atoms with van der Waals surface area (Å²) in [6.07, 6.45) is 1.61. The third kappa shape index (κ3) is 4.52. The summed E-state index contributed by atoms with van der Waals surface area (Å²) in [7, 11) is 0. The van der Waals surface area contributed by atoms with Gasteiger partial charge >= 0.3 is 0 Å². The van der Waals surface area contributed by atoms with Crippen molar-refractivity contribution in [1.82, 2.24) is 4.98 Å². The summed E-state index contributed by atoms with van der Waals surface area (Å²) in [6, 6.07) is 15.7. The molecule has 0 spiro atoms. The summed E-state index contributed by atoms with van der Waals surface area (Å²) in [6.45, 7) is 2.53. The predicted octanol–water partition coefficient (Wildman–Crippen LogP) is 5.09. The van der Waals surface area contributed by atoms with E-state index in [0.717, 1.165) is 17.0 Å². The summed E-state index contributed by atoms with van der Waals surface area (Å²) in [4.78, 5) is 14.8. The van der Waals surface area contributed by atoms with Crippen LogP contribution in [-0.4, -0.2) is 16.5 Å². The number of nitriles is 1. The van der Waals surface area contributed by atoms with Crippen molar-refractivity contribution in [2.45, 2.75) is 6.92 Å². The molecule has 0 saturated heterocycles. The Bertz CT molecular complexity index is 1030. The van der Waals surface area contributed by atoms with Gasteiger partial charge in [-0.05, 0) is 43.3 Å². The number of anilines is 1. The van der Waals surface area contributed by atoms with Gasteiger partial charge in [0.2, 0.25) is 0 Å². The molecule has 3 rings (SSSR count). The molecule has 0 radical (unpaired) electrons. The summed E-state index contributed by atoms with van der Waals surface area (Å²) >= 11 is 1.34. The van der Waals surface area contributed by atoms with E-state index in [0.29, 0.717) is 22.9 Å². The fourth-order valence-corrected chi connectivity index (χ4v) is 3.19. The molecule has 2 aromatic carbocycles. The number of aromatic nitrogens is 1. The second-order valence-corrected chi connectivity index (χ2v) is 6.47. The summed E-state index contributed by atoms with van der Waals surface area (Å²) in [5.74, 6) is 0.783. The second-order valence-electron chi connectivity index (χ2n) is 5.61. The quantitative estimate of drug-likeness (QED) is 0.341. The highest BCUT2D eigenvalue weighted by Gasteiger charge is 2.11. The van der Waals surface area contributed by atoms with Crippen LogP contribution >= 0.6 is 11.3 Å². The third-order valence-corrected chi connectivity index (χ3v) is 4.65. The molecule has 7 nitrogen and oxygen atoms in total. The van der Waals surface area contributed by atoms with Crippen LogP contribution in [0.2, 0.25) is 0 Å². The Hall–Kier alpha value is -3.70. The van der Waals surface area contributed by atoms with Gasteiger partial charge in [-0.2, -0.15) is 5.26 Å². The average molecular weight is 392 g/mol. The third-order valence-electron chi connectivity index (χ3n) is 3.78. The van der Waals surface area contributed by atoms with Crippen molar-refractivity contribution >= 4 is 28.3 Å². The normalized spacial score (nSPS) is 10.9. The Morgan fingerprint density at radius 3 is 2.61 bits per heavy atom. The van der Waals surface area contributed by atoms with E-state index in [1.54, 1.807) is 18.3 Å².